The third kappa shape index (κ3) is 3.13. The number of anilines is 2. The molecule has 1 heterocycles. The van der Waals surface area contributed by atoms with E-state index in [4.69, 9.17) is 12.2 Å². The molecule has 0 aromatic heterocycles. The summed E-state index contributed by atoms with van der Waals surface area (Å²) < 4.78 is 0. The Bertz CT molecular complexity index is 981. The van der Waals surface area contributed by atoms with Gasteiger partial charge in [-0.15, -0.1) is 0 Å². The van der Waals surface area contributed by atoms with Gasteiger partial charge in [-0.25, -0.2) is 0 Å². The van der Waals surface area contributed by atoms with Crippen LogP contribution in [0.1, 0.15) is 22.7 Å². The molecule has 1 aliphatic rings. The lowest BCUT2D eigenvalue weighted by molar-refractivity contribution is -0.118. The topological polar surface area (TPSA) is 23.6 Å². The summed E-state index contributed by atoms with van der Waals surface area (Å²) in [6.07, 6.45) is 0. The lowest BCUT2D eigenvalue weighted by Crippen LogP contribution is -2.32. The molecular formula is C23H20N2OS. The Labute approximate surface area is 164 Å². The van der Waals surface area contributed by atoms with Crippen molar-refractivity contribution in [2.45, 2.75) is 19.9 Å². The van der Waals surface area contributed by atoms with Crippen LogP contribution in [-0.2, 0) is 4.79 Å². The predicted molar refractivity (Wildman–Crippen MR) is 114 cm³/mol. The maximum atomic E-state index is 13.4. The summed E-state index contributed by atoms with van der Waals surface area (Å²) in [7, 11) is 0. The first-order valence-electron chi connectivity index (χ1n) is 8.92. The second-order valence-electron chi connectivity index (χ2n) is 6.81. The van der Waals surface area contributed by atoms with Gasteiger partial charge in [0, 0.05) is 5.69 Å². The average Bonchev–Trinajstić information content (AvgIpc) is 2.94. The summed E-state index contributed by atoms with van der Waals surface area (Å²) in [6, 6.07) is 25.3. The molecule has 1 atom stereocenters. The van der Waals surface area contributed by atoms with E-state index in [-0.39, 0.29) is 5.91 Å². The number of hydrogen-bond acceptors (Lipinski definition) is 2. The predicted octanol–water partition coefficient (Wildman–Crippen LogP) is 5.18. The van der Waals surface area contributed by atoms with Gasteiger partial charge in [0.25, 0.3) is 5.91 Å². The van der Waals surface area contributed by atoms with Gasteiger partial charge in [-0.3, -0.25) is 9.69 Å². The van der Waals surface area contributed by atoms with E-state index in [1.54, 1.807) is 4.90 Å². The fraction of sp³-hybridized carbons (Fsp3) is 0.130. The number of thiocarbonyl (C=S) groups is 1. The van der Waals surface area contributed by atoms with Gasteiger partial charge >= 0.3 is 0 Å². The molecule has 0 N–H and O–H groups in total. The number of benzene rings is 3. The summed E-state index contributed by atoms with van der Waals surface area (Å²) in [5.41, 5.74) is 4.96. The molecule has 4 rings (SSSR count). The zero-order valence-corrected chi connectivity index (χ0v) is 16.1. The van der Waals surface area contributed by atoms with Crippen molar-refractivity contribution in [3.8, 4) is 0 Å². The molecule has 4 heteroatoms. The molecule has 3 aromatic carbocycles. The van der Waals surface area contributed by atoms with Crippen molar-refractivity contribution in [3.63, 3.8) is 0 Å². The monoisotopic (exact) mass is 372 g/mol. The van der Waals surface area contributed by atoms with Crippen LogP contribution in [0.5, 0.6) is 0 Å². The lowest BCUT2D eigenvalue weighted by Gasteiger charge is -2.24. The third-order valence-electron chi connectivity index (χ3n) is 4.83. The van der Waals surface area contributed by atoms with Gasteiger partial charge in [0.05, 0.1) is 5.69 Å². The molecule has 1 fully saturated rings. The molecule has 1 aliphatic heterocycles. The number of hydrogen-bond donors (Lipinski definition) is 0. The van der Waals surface area contributed by atoms with Crippen LogP contribution in [0.15, 0.2) is 78.9 Å². The normalized spacial score (nSPS) is 16.9. The molecule has 0 spiro atoms. The van der Waals surface area contributed by atoms with Crippen molar-refractivity contribution < 1.29 is 4.79 Å². The van der Waals surface area contributed by atoms with E-state index >= 15 is 0 Å². The van der Waals surface area contributed by atoms with Crippen LogP contribution in [0, 0.1) is 13.8 Å². The van der Waals surface area contributed by atoms with Crippen LogP contribution in [0.3, 0.4) is 0 Å². The van der Waals surface area contributed by atoms with Gasteiger partial charge in [0.1, 0.15) is 6.04 Å². The summed E-state index contributed by atoms with van der Waals surface area (Å²) in [4.78, 5) is 17.0. The Morgan fingerprint density at radius 2 is 1.26 bits per heavy atom. The van der Waals surface area contributed by atoms with Crippen molar-refractivity contribution in [3.05, 3.63) is 95.6 Å². The number of rotatable bonds is 3. The van der Waals surface area contributed by atoms with Crippen molar-refractivity contribution >= 4 is 34.6 Å². The van der Waals surface area contributed by atoms with Crippen LogP contribution in [0.2, 0.25) is 0 Å². The summed E-state index contributed by atoms with van der Waals surface area (Å²) in [5, 5.41) is 0.501. The van der Waals surface area contributed by atoms with Crippen LogP contribution in [-0.4, -0.2) is 11.0 Å². The first-order valence-corrected chi connectivity index (χ1v) is 9.32. The molecule has 0 saturated carbocycles. The summed E-state index contributed by atoms with van der Waals surface area (Å²) in [5.74, 6) is -0.0318. The fourth-order valence-electron chi connectivity index (χ4n) is 3.37. The summed E-state index contributed by atoms with van der Waals surface area (Å²) in [6.45, 7) is 4.07. The van der Waals surface area contributed by atoms with E-state index in [0.29, 0.717) is 5.11 Å². The first-order chi connectivity index (χ1) is 13.1. The number of aryl methyl sites for hydroxylation is 2. The van der Waals surface area contributed by atoms with E-state index in [9.17, 15) is 4.79 Å². The molecule has 27 heavy (non-hydrogen) atoms. The fourth-order valence-corrected chi connectivity index (χ4v) is 3.77. The minimum atomic E-state index is -0.470. The smallest absolute Gasteiger partial charge is 0.261 e. The van der Waals surface area contributed by atoms with Gasteiger partial charge in [0.15, 0.2) is 5.11 Å². The average molecular weight is 372 g/mol. The Morgan fingerprint density at radius 1 is 0.741 bits per heavy atom. The molecule has 3 aromatic rings. The van der Waals surface area contributed by atoms with Gasteiger partial charge in [-0.1, -0.05) is 65.7 Å². The highest BCUT2D eigenvalue weighted by Gasteiger charge is 2.44. The molecule has 1 saturated heterocycles. The molecule has 134 valence electrons. The molecule has 1 amide bonds. The molecule has 1 unspecified atom stereocenters. The minimum Gasteiger partial charge on any atom is -0.302 e. The standard InChI is InChI=1S/C23H20N2OS/c1-16-8-12-19(13-9-16)24-21(18-6-4-3-5-7-18)22(26)25(23(24)27)20-14-10-17(2)11-15-20/h3-15,21H,1-2H3. The van der Waals surface area contributed by atoms with Crippen molar-refractivity contribution in [1.29, 1.82) is 0 Å². The number of nitrogens with zero attached hydrogens (tertiary/aromatic N) is 2. The molecule has 0 aliphatic carbocycles. The van der Waals surface area contributed by atoms with Gasteiger partial charge in [-0.05, 0) is 55.9 Å². The lowest BCUT2D eigenvalue weighted by atomic mass is 10.0. The highest BCUT2D eigenvalue weighted by atomic mass is 32.1. The van der Waals surface area contributed by atoms with Crippen LogP contribution >= 0.6 is 12.2 Å². The van der Waals surface area contributed by atoms with Crippen molar-refractivity contribution in [2.75, 3.05) is 9.80 Å². The van der Waals surface area contributed by atoms with Crippen LogP contribution < -0.4 is 9.80 Å². The summed E-state index contributed by atoms with van der Waals surface area (Å²) >= 11 is 5.78. The molecule has 3 nitrogen and oxygen atoms in total. The third-order valence-corrected chi connectivity index (χ3v) is 5.21. The van der Waals surface area contributed by atoms with E-state index in [2.05, 4.69) is 0 Å². The maximum Gasteiger partial charge on any atom is 0.261 e. The van der Waals surface area contributed by atoms with Gasteiger partial charge < -0.3 is 4.90 Å². The van der Waals surface area contributed by atoms with E-state index in [0.717, 1.165) is 22.5 Å². The highest BCUT2D eigenvalue weighted by molar-refractivity contribution is 7.81. The molecular weight excluding hydrogens is 352 g/mol. The second-order valence-corrected chi connectivity index (χ2v) is 7.18. The SMILES string of the molecule is Cc1ccc(N2C(=O)C(c3ccccc3)N(c3ccc(C)cc3)C2=S)cc1. The Kier molecular flexibility index (Phi) is 4.50. The van der Waals surface area contributed by atoms with E-state index in [1.165, 1.54) is 5.56 Å². The minimum absolute atomic E-state index is 0.0318. The second kappa shape index (κ2) is 6.97. The number of carbonyl (C=O) groups excluding carboxylic acids is 1. The quantitative estimate of drug-likeness (QED) is 0.592. The Morgan fingerprint density at radius 3 is 1.81 bits per heavy atom. The zero-order valence-electron chi connectivity index (χ0n) is 15.3. The first kappa shape index (κ1) is 17.4. The van der Waals surface area contributed by atoms with Crippen LogP contribution in [0.25, 0.3) is 0 Å². The van der Waals surface area contributed by atoms with Gasteiger partial charge in [-0.2, -0.15) is 0 Å². The van der Waals surface area contributed by atoms with Crippen molar-refractivity contribution in [2.24, 2.45) is 0 Å². The highest BCUT2D eigenvalue weighted by Crippen LogP contribution is 2.38. The van der Waals surface area contributed by atoms with Crippen molar-refractivity contribution in [1.82, 2.24) is 0 Å². The largest absolute Gasteiger partial charge is 0.302 e. The van der Waals surface area contributed by atoms with E-state index < -0.39 is 6.04 Å². The maximum absolute atomic E-state index is 13.4. The number of carbonyl (C=O) groups is 1. The number of amides is 1. The van der Waals surface area contributed by atoms with Crippen LogP contribution in [0.4, 0.5) is 11.4 Å². The molecule has 0 radical (unpaired) electrons. The van der Waals surface area contributed by atoms with E-state index in [1.807, 2.05) is 97.6 Å². The Hall–Kier alpha value is -2.98. The zero-order chi connectivity index (χ0) is 19.0. The Balaban J connectivity index is 1.83. The molecule has 0 bridgehead atoms. The van der Waals surface area contributed by atoms with Gasteiger partial charge in [0.2, 0.25) is 0 Å².